The van der Waals surface area contributed by atoms with E-state index in [0.29, 0.717) is 15.4 Å². The highest BCUT2D eigenvalue weighted by atomic mass is 79.9. The van der Waals surface area contributed by atoms with Crippen molar-refractivity contribution in [2.75, 3.05) is 0 Å². The molecule has 0 bridgehead atoms. The normalized spacial score (nSPS) is 13.6. The molecule has 1 N–H and O–H groups in total. The van der Waals surface area contributed by atoms with Gasteiger partial charge in [0.15, 0.2) is 6.04 Å². The second-order valence-electron chi connectivity index (χ2n) is 6.19. The van der Waals surface area contributed by atoms with Gasteiger partial charge in [0.2, 0.25) is 0 Å². The largest absolute Gasteiger partial charge is 0.444 e. The highest BCUT2D eigenvalue weighted by Crippen LogP contribution is 2.33. The number of amides is 1. The average molecular weight is 405 g/mol. The SMILES string of the molecule is CC(C)(C)OC(=O)NC(c1ccc2ccc(Br)cc2n1)C(F)(F)F. The predicted octanol–water partition coefficient (Wildman–Crippen LogP) is 5.13. The van der Waals surface area contributed by atoms with Gasteiger partial charge in [-0.1, -0.05) is 28.1 Å². The fourth-order valence-corrected chi connectivity index (χ4v) is 2.36. The van der Waals surface area contributed by atoms with Crippen molar-refractivity contribution >= 4 is 32.9 Å². The zero-order valence-electron chi connectivity index (χ0n) is 13.2. The summed E-state index contributed by atoms with van der Waals surface area (Å²) in [7, 11) is 0. The third-order valence-electron chi connectivity index (χ3n) is 2.96. The number of nitrogens with zero attached hydrogens (tertiary/aromatic N) is 1. The first-order valence-electron chi connectivity index (χ1n) is 7.08. The first kappa shape index (κ1) is 18.5. The number of alkyl halides is 3. The topological polar surface area (TPSA) is 51.2 Å². The molecule has 1 aromatic heterocycles. The number of hydrogen-bond donors (Lipinski definition) is 1. The molecule has 1 aromatic carbocycles. The van der Waals surface area contributed by atoms with Gasteiger partial charge in [-0.25, -0.2) is 4.79 Å². The van der Waals surface area contributed by atoms with Crippen molar-refractivity contribution in [1.82, 2.24) is 10.3 Å². The number of hydrogen-bond acceptors (Lipinski definition) is 3. The fraction of sp³-hybridized carbons (Fsp3) is 0.375. The molecule has 0 saturated heterocycles. The molecule has 0 spiro atoms. The Hall–Kier alpha value is -1.83. The van der Waals surface area contributed by atoms with Crippen LogP contribution < -0.4 is 5.32 Å². The van der Waals surface area contributed by atoms with Crippen LogP contribution >= 0.6 is 15.9 Å². The molecule has 8 heteroatoms. The van der Waals surface area contributed by atoms with Crippen LogP contribution in [0.15, 0.2) is 34.8 Å². The van der Waals surface area contributed by atoms with Gasteiger partial charge in [0.1, 0.15) is 5.60 Å². The number of fused-ring (bicyclic) bond motifs is 1. The van der Waals surface area contributed by atoms with E-state index in [1.54, 1.807) is 39.0 Å². The molecule has 0 aliphatic rings. The maximum Gasteiger partial charge on any atom is 0.414 e. The summed E-state index contributed by atoms with van der Waals surface area (Å²) < 4.78 is 45.7. The second-order valence-corrected chi connectivity index (χ2v) is 7.11. The predicted molar refractivity (Wildman–Crippen MR) is 87.6 cm³/mol. The number of carbonyl (C=O) groups is 1. The van der Waals surface area contributed by atoms with Crippen LogP contribution in [0, 0.1) is 0 Å². The second kappa shape index (κ2) is 6.58. The number of nitrogens with one attached hydrogen (secondary N) is 1. The van der Waals surface area contributed by atoms with Crippen LogP contribution in [0.1, 0.15) is 32.5 Å². The lowest BCUT2D eigenvalue weighted by Crippen LogP contribution is -2.41. The molecule has 24 heavy (non-hydrogen) atoms. The van der Waals surface area contributed by atoms with Gasteiger partial charge in [0.05, 0.1) is 11.2 Å². The van der Waals surface area contributed by atoms with Gasteiger partial charge in [-0.3, -0.25) is 4.98 Å². The summed E-state index contributed by atoms with van der Waals surface area (Å²) >= 11 is 3.25. The van der Waals surface area contributed by atoms with Crippen LogP contribution in [0.25, 0.3) is 10.9 Å². The summed E-state index contributed by atoms with van der Waals surface area (Å²) in [6.45, 7) is 4.71. The van der Waals surface area contributed by atoms with Crippen molar-refractivity contribution in [3.05, 3.63) is 40.5 Å². The van der Waals surface area contributed by atoms with Gasteiger partial charge in [-0.05, 0) is 39.0 Å². The molecule has 0 aliphatic carbocycles. The Bertz CT molecular complexity index is 757. The molecule has 2 aromatic rings. The number of carbonyl (C=O) groups excluding carboxylic acids is 1. The highest BCUT2D eigenvalue weighted by molar-refractivity contribution is 9.10. The van der Waals surface area contributed by atoms with Crippen molar-refractivity contribution in [3.8, 4) is 0 Å². The van der Waals surface area contributed by atoms with Gasteiger partial charge < -0.3 is 10.1 Å². The van der Waals surface area contributed by atoms with Gasteiger partial charge in [-0.2, -0.15) is 13.2 Å². The van der Waals surface area contributed by atoms with E-state index in [9.17, 15) is 18.0 Å². The van der Waals surface area contributed by atoms with E-state index in [1.807, 2.05) is 5.32 Å². The van der Waals surface area contributed by atoms with Gasteiger partial charge in [-0.15, -0.1) is 0 Å². The molecule has 1 unspecified atom stereocenters. The molecule has 130 valence electrons. The summed E-state index contributed by atoms with van der Waals surface area (Å²) in [5, 5.41) is 2.54. The smallest absolute Gasteiger partial charge is 0.414 e. The van der Waals surface area contributed by atoms with Crippen LogP contribution in [0.3, 0.4) is 0 Å². The molecule has 1 atom stereocenters. The number of aromatic nitrogens is 1. The quantitative estimate of drug-likeness (QED) is 0.754. The Kier molecular flexibility index (Phi) is 5.08. The molecular formula is C16H16BrF3N2O2. The van der Waals surface area contributed by atoms with E-state index >= 15 is 0 Å². The van der Waals surface area contributed by atoms with E-state index in [4.69, 9.17) is 4.74 Å². The van der Waals surface area contributed by atoms with Crippen molar-refractivity contribution in [1.29, 1.82) is 0 Å². The number of rotatable bonds is 2. The number of alkyl carbamates (subject to hydrolysis) is 1. The highest BCUT2D eigenvalue weighted by Gasteiger charge is 2.43. The van der Waals surface area contributed by atoms with Crippen molar-refractivity contribution in [2.45, 2.75) is 38.6 Å². The van der Waals surface area contributed by atoms with Gasteiger partial charge >= 0.3 is 12.3 Å². The molecule has 0 saturated carbocycles. The van der Waals surface area contributed by atoms with Crippen LogP contribution in [-0.4, -0.2) is 22.9 Å². The third kappa shape index (κ3) is 4.83. The Labute approximate surface area is 145 Å². The number of benzene rings is 1. The lowest BCUT2D eigenvalue weighted by molar-refractivity contribution is -0.157. The van der Waals surface area contributed by atoms with Crippen LogP contribution in [0.4, 0.5) is 18.0 Å². The number of ether oxygens (including phenoxy) is 1. The summed E-state index contributed by atoms with van der Waals surface area (Å²) in [6.07, 6.45) is -5.86. The van der Waals surface area contributed by atoms with E-state index in [2.05, 4.69) is 20.9 Å². The Morgan fingerprint density at radius 1 is 1.21 bits per heavy atom. The molecule has 4 nitrogen and oxygen atoms in total. The van der Waals surface area contributed by atoms with Crippen molar-refractivity contribution in [3.63, 3.8) is 0 Å². The first-order chi connectivity index (χ1) is 11.0. The minimum atomic E-state index is -4.70. The molecule has 0 fully saturated rings. The molecule has 0 radical (unpaired) electrons. The van der Waals surface area contributed by atoms with Crippen molar-refractivity contribution in [2.24, 2.45) is 0 Å². The maximum absolute atomic E-state index is 13.4. The number of pyridine rings is 1. The lowest BCUT2D eigenvalue weighted by Gasteiger charge is -2.25. The van der Waals surface area contributed by atoms with Crippen molar-refractivity contribution < 1.29 is 22.7 Å². The van der Waals surface area contributed by atoms with E-state index in [0.717, 1.165) is 0 Å². The summed E-state index contributed by atoms with van der Waals surface area (Å²) in [5.41, 5.74) is -0.817. The Balaban J connectivity index is 2.36. The minimum Gasteiger partial charge on any atom is -0.444 e. The Morgan fingerprint density at radius 3 is 2.42 bits per heavy atom. The molecule has 0 aliphatic heterocycles. The molecular weight excluding hydrogens is 389 g/mol. The van der Waals surface area contributed by atoms with Gasteiger partial charge in [0.25, 0.3) is 0 Å². The van der Waals surface area contributed by atoms with E-state index < -0.39 is 23.9 Å². The number of halogens is 4. The zero-order chi connectivity index (χ0) is 18.1. The van der Waals surface area contributed by atoms with Crippen LogP contribution in [0.5, 0.6) is 0 Å². The molecule has 1 heterocycles. The minimum absolute atomic E-state index is 0.307. The fourth-order valence-electron chi connectivity index (χ4n) is 2.02. The van der Waals surface area contributed by atoms with Gasteiger partial charge in [0, 0.05) is 9.86 Å². The Morgan fingerprint density at radius 2 is 1.83 bits per heavy atom. The lowest BCUT2D eigenvalue weighted by atomic mass is 10.1. The summed E-state index contributed by atoms with van der Waals surface area (Å²) in [5.74, 6) is 0. The summed E-state index contributed by atoms with van der Waals surface area (Å²) in [4.78, 5) is 15.8. The van der Waals surface area contributed by atoms with Crippen LogP contribution in [0.2, 0.25) is 0 Å². The molecule has 2 rings (SSSR count). The summed E-state index contributed by atoms with van der Waals surface area (Å²) in [6, 6.07) is 5.63. The third-order valence-corrected chi connectivity index (χ3v) is 3.45. The monoisotopic (exact) mass is 404 g/mol. The van der Waals surface area contributed by atoms with E-state index in [1.165, 1.54) is 12.1 Å². The van der Waals surface area contributed by atoms with Crippen LogP contribution in [-0.2, 0) is 4.74 Å². The first-order valence-corrected chi connectivity index (χ1v) is 7.87. The molecule has 1 amide bonds. The standard InChI is InChI=1S/C16H16BrF3N2O2/c1-15(2,3)24-14(23)22-13(16(18,19)20)11-7-5-9-4-6-10(17)8-12(9)21-11/h4-8,13H,1-3H3,(H,22,23). The van der Waals surface area contributed by atoms with E-state index in [-0.39, 0.29) is 5.69 Å². The zero-order valence-corrected chi connectivity index (χ0v) is 14.8. The maximum atomic E-state index is 13.4. The average Bonchev–Trinajstić information content (AvgIpc) is 2.41.